The lowest BCUT2D eigenvalue weighted by molar-refractivity contribution is -0.338. The molecule has 4 atom stereocenters. The standard InChI is InChI=1S/C26H42O9/c1-6-7-8-9-10-12-22(30)34-24-19(16-23(31)32-4)15-21(17-20(29)18-28)35-26(24,33-5)25(2,3)13-11-14-27/h11,13-14,16,20-21,24,28-29H,6-10,12,15,17-18H2,1-5H3/t20?,21-,24-,26+/m0/s1. The third-order valence-electron chi connectivity index (χ3n) is 6.26. The number of unbranched alkanes of at least 4 members (excludes halogenated alkanes) is 4. The minimum Gasteiger partial charge on any atom is -0.466 e. The predicted octanol–water partition coefficient (Wildman–Crippen LogP) is 3.01. The van der Waals surface area contributed by atoms with Crippen molar-refractivity contribution < 1.29 is 43.5 Å². The van der Waals surface area contributed by atoms with Crippen molar-refractivity contribution in [1.82, 2.24) is 0 Å². The Kier molecular flexibility index (Phi) is 13.4. The number of ether oxygens (including phenoxy) is 4. The Morgan fingerprint density at radius 3 is 2.49 bits per heavy atom. The summed E-state index contributed by atoms with van der Waals surface area (Å²) in [5, 5.41) is 19.4. The lowest BCUT2D eigenvalue weighted by Crippen LogP contribution is -2.63. The molecule has 0 saturated carbocycles. The summed E-state index contributed by atoms with van der Waals surface area (Å²) in [4.78, 5) is 36.2. The normalized spacial score (nSPS) is 24.9. The lowest BCUT2D eigenvalue weighted by Gasteiger charge is -2.53. The Morgan fingerprint density at radius 2 is 1.91 bits per heavy atom. The molecule has 1 unspecified atom stereocenters. The van der Waals surface area contributed by atoms with Crippen LogP contribution in [0.4, 0.5) is 0 Å². The first-order valence-electron chi connectivity index (χ1n) is 12.2. The van der Waals surface area contributed by atoms with Crippen LogP contribution in [-0.4, -0.2) is 73.4 Å². The van der Waals surface area contributed by atoms with Gasteiger partial charge in [-0.25, -0.2) is 4.79 Å². The highest BCUT2D eigenvalue weighted by Gasteiger charge is 2.59. The molecular weight excluding hydrogens is 456 g/mol. The molecule has 2 N–H and O–H groups in total. The van der Waals surface area contributed by atoms with Crippen molar-refractivity contribution >= 4 is 18.2 Å². The molecule has 0 bridgehead atoms. The van der Waals surface area contributed by atoms with Crippen LogP contribution < -0.4 is 0 Å². The van der Waals surface area contributed by atoms with Crippen LogP contribution in [0.2, 0.25) is 0 Å². The van der Waals surface area contributed by atoms with Crippen molar-refractivity contribution in [3.8, 4) is 0 Å². The number of allylic oxidation sites excluding steroid dienone is 1. The molecule has 9 heteroatoms. The minimum atomic E-state index is -1.64. The van der Waals surface area contributed by atoms with E-state index >= 15 is 0 Å². The number of aliphatic hydroxyl groups is 2. The SMILES string of the molecule is CCCCCCCC(=O)O[C@H]1C(=CC(=O)OC)C[C@@H](CC(O)CO)O[C@@]1(OC)C(C)(C)C=CC=O. The van der Waals surface area contributed by atoms with E-state index < -0.39 is 48.1 Å². The van der Waals surface area contributed by atoms with Gasteiger partial charge in [0.25, 0.3) is 0 Å². The van der Waals surface area contributed by atoms with Gasteiger partial charge in [0.1, 0.15) is 6.29 Å². The number of hydrogen-bond acceptors (Lipinski definition) is 9. The van der Waals surface area contributed by atoms with Crippen LogP contribution in [0, 0.1) is 5.41 Å². The Bertz CT molecular complexity index is 743. The van der Waals surface area contributed by atoms with E-state index in [1.54, 1.807) is 19.9 Å². The molecule has 1 heterocycles. The molecule has 0 amide bonds. The monoisotopic (exact) mass is 498 g/mol. The van der Waals surface area contributed by atoms with E-state index in [9.17, 15) is 24.6 Å². The van der Waals surface area contributed by atoms with Gasteiger partial charge in [-0.15, -0.1) is 0 Å². The minimum absolute atomic E-state index is 0.0473. The molecule has 0 aliphatic carbocycles. The lowest BCUT2D eigenvalue weighted by atomic mass is 9.74. The number of hydrogen-bond donors (Lipinski definition) is 2. The molecule has 1 saturated heterocycles. The van der Waals surface area contributed by atoms with E-state index in [0.29, 0.717) is 18.3 Å². The van der Waals surface area contributed by atoms with Crippen molar-refractivity contribution in [3.05, 3.63) is 23.8 Å². The van der Waals surface area contributed by atoms with E-state index in [-0.39, 0.29) is 19.3 Å². The van der Waals surface area contributed by atoms with Crippen LogP contribution in [0.1, 0.15) is 72.1 Å². The number of methoxy groups -OCH3 is 2. The molecule has 1 fully saturated rings. The number of rotatable bonds is 15. The first-order valence-corrected chi connectivity index (χ1v) is 12.2. The highest BCUT2D eigenvalue weighted by molar-refractivity contribution is 5.83. The fraction of sp³-hybridized carbons (Fsp3) is 0.731. The van der Waals surface area contributed by atoms with Crippen molar-refractivity contribution in [2.75, 3.05) is 20.8 Å². The number of aldehydes is 1. The summed E-state index contributed by atoms with van der Waals surface area (Å²) in [5.74, 6) is -2.74. The van der Waals surface area contributed by atoms with Gasteiger partial charge in [-0.05, 0) is 24.5 Å². The first-order chi connectivity index (χ1) is 16.6. The predicted molar refractivity (Wildman–Crippen MR) is 129 cm³/mol. The average Bonchev–Trinajstić information content (AvgIpc) is 2.83. The van der Waals surface area contributed by atoms with Gasteiger partial charge in [0, 0.05) is 31.4 Å². The second-order valence-electron chi connectivity index (χ2n) is 9.38. The molecule has 0 aromatic rings. The first kappa shape index (κ1) is 31.0. The highest BCUT2D eigenvalue weighted by Crippen LogP contribution is 2.48. The molecule has 1 rings (SSSR count). The van der Waals surface area contributed by atoms with Gasteiger partial charge in [0.15, 0.2) is 6.10 Å². The summed E-state index contributed by atoms with van der Waals surface area (Å²) >= 11 is 0. The third-order valence-corrected chi connectivity index (χ3v) is 6.26. The maximum Gasteiger partial charge on any atom is 0.330 e. The van der Waals surface area contributed by atoms with Crippen LogP contribution in [0.3, 0.4) is 0 Å². The van der Waals surface area contributed by atoms with E-state index in [2.05, 4.69) is 6.92 Å². The van der Waals surface area contributed by atoms with E-state index in [4.69, 9.17) is 18.9 Å². The smallest absolute Gasteiger partial charge is 0.330 e. The molecule has 0 radical (unpaired) electrons. The zero-order valence-corrected chi connectivity index (χ0v) is 21.7. The second-order valence-corrected chi connectivity index (χ2v) is 9.38. The quantitative estimate of drug-likeness (QED) is 0.151. The van der Waals surface area contributed by atoms with Gasteiger partial charge in [-0.3, -0.25) is 9.59 Å². The molecule has 1 aliphatic rings. The summed E-state index contributed by atoms with van der Waals surface area (Å²) in [6, 6.07) is 0. The van der Waals surface area contributed by atoms with Crippen LogP contribution in [-0.2, 0) is 33.3 Å². The van der Waals surface area contributed by atoms with Crippen molar-refractivity contribution in [2.45, 2.75) is 96.2 Å². The summed E-state index contributed by atoms with van der Waals surface area (Å²) < 4.78 is 23.0. The number of aliphatic hydroxyl groups excluding tert-OH is 2. The highest BCUT2D eigenvalue weighted by atomic mass is 16.7. The zero-order valence-electron chi connectivity index (χ0n) is 21.7. The topological polar surface area (TPSA) is 129 Å². The average molecular weight is 499 g/mol. The fourth-order valence-corrected chi connectivity index (χ4v) is 4.34. The largest absolute Gasteiger partial charge is 0.466 e. The van der Waals surface area contributed by atoms with Gasteiger partial charge in [0.05, 0.1) is 25.9 Å². The van der Waals surface area contributed by atoms with Crippen LogP contribution >= 0.6 is 0 Å². The number of esters is 2. The number of carbonyl (C=O) groups is 3. The van der Waals surface area contributed by atoms with Crippen LogP contribution in [0.25, 0.3) is 0 Å². The van der Waals surface area contributed by atoms with Crippen LogP contribution in [0.15, 0.2) is 23.8 Å². The molecule has 200 valence electrons. The summed E-state index contributed by atoms with van der Waals surface area (Å²) in [6.45, 7) is 5.15. The van der Waals surface area contributed by atoms with E-state index in [1.165, 1.54) is 26.4 Å². The molecule has 35 heavy (non-hydrogen) atoms. The Hall–Kier alpha value is -2.07. The summed E-state index contributed by atoms with van der Waals surface area (Å²) in [5.41, 5.74) is -0.626. The Morgan fingerprint density at radius 1 is 1.23 bits per heavy atom. The van der Waals surface area contributed by atoms with Gasteiger partial charge in [-0.1, -0.05) is 52.5 Å². The molecule has 9 nitrogen and oxygen atoms in total. The van der Waals surface area contributed by atoms with Crippen molar-refractivity contribution in [3.63, 3.8) is 0 Å². The Balaban J connectivity index is 3.44. The fourth-order valence-electron chi connectivity index (χ4n) is 4.34. The summed E-state index contributed by atoms with van der Waals surface area (Å²) in [7, 11) is 2.63. The van der Waals surface area contributed by atoms with Crippen molar-refractivity contribution in [1.29, 1.82) is 0 Å². The Labute approximate surface area is 208 Å². The van der Waals surface area contributed by atoms with Gasteiger partial charge >= 0.3 is 11.9 Å². The molecule has 0 spiro atoms. The van der Waals surface area contributed by atoms with Gasteiger partial charge < -0.3 is 29.2 Å². The van der Waals surface area contributed by atoms with Gasteiger partial charge in [-0.2, -0.15) is 0 Å². The molecule has 0 aromatic carbocycles. The molecule has 0 aromatic heterocycles. The van der Waals surface area contributed by atoms with E-state index in [1.807, 2.05) is 0 Å². The number of carbonyl (C=O) groups excluding carboxylic acids is 3. The van der Waals surface area contributed by atoms with E-state index in [0.717, 1.165) is 25.7 Å². The maximum atomic E-state index is 12.9. The third kappa shape index (κ3) is 8.83. The van der Waals surface area contributed by atoms with Gasteiger partial charge in [0.2, 0.25) is 5.79 Å². The zero-order chi connectivity index (χ0) is 26.5. The summed E-state index contributed by atoms with van der Waals surface area (Å²) in [6.07, 6.45) is 7.05. The second kappa shape index (κ2) is 15.1. The molecular formula is C26H42O9. The van der Waals surface area contributed by atoms with Crippen molar-refractivity contribution in [2.24, 2.45) is 5.41 Å². The molecule has 1 aliphatic heterocycles. The maximum absolute atomic E-state index is 12.9. The van der Waals surface area contributed by atoms with Crippen LogP contribution in [0.5, 0.6) is 0 Å².